The Bertz CT molecular complexity index is 560. The summed E-state index contributed by atoms with van der Waals surface area (Å²) in [6.07, 6.45) is 2.29. The van der Waals surface area contributed by atoms with Gasteiger partial charge in [0, 0.05) is 6.20 Å². The van der Waals surface area contributed by atoms with Crippen molar-refractivity contribution < 1.29 is 9.13 Å². The Labute approximate surface area is 118 Å². The lowest BCUT2D eigenvalue weighted by Gasteiger charge is -2.18. The van der Waals surface area contributed by atoms with Crippen molar-refractivity contribution in [3.8, 4) is 5.75 Å². The molecule has 3 nitrogen and oxygen atoms in total. The fraction of sp³-hybridized carbons (Fsp3) is 0.312. The molecule has 0 aliphatic rings. The van der Waals surface area contributed by atoms with Crippen LogP contribution in [0.1, 0.15) is 24.2 Å². The van der Waals surface area contributed by atoms with Gasteiger partial charge in [-0.3, -0.25) is 4.98 Å². The van der Waals surface area contributed by atoms with Crippen LogP contribution in [0.3, 0.4) is 0 Å². The molecule has 0 saturated carbocycles. The van der Waals surface area contributed by atoms with Gasteiger partial charge in [0.2, 0.25) is 0 Å². The van der Waals surface area contributed by atoms with Gasteiger partial charge in [0.25, 0.3) is 0 Å². The number of ether oxygens (including phenoxy) is 1. The molecule has 0 radical (unpaired) electrons. The van der Waals surface area contributed by atoms with Crippen molar-refractivity contribution in [3.63, 3.8) is 0 Å². The number of nitrogens with one attached hydrogen (secondary N) is 1. The minimum Gasteiger partial charge on any atom is -0.497 e. The van der Waals surface area contributed by atoms with E-state index in [4.69, 9.17) is 4.74 Å². The molecule has 1 unspecified atom stereocenters. The number of hydrogen-bond acceptors (Lipinski definition) is 3. The summed E-state index contributed by atoms with van der Waals surface area (Å²) in [7, 11) is 1.64. The summed E-state index contributed by atoms with van der Waals surface area (Å²) in [5, 5.41) is 3.28. The molecule has 0 amide bonds. The Hall–Kier alpha value is -1.94. The highest BCUT2D eigenvalue weighted by molar-refractivity contribution is 5.30. The number of pyridine rings is 1. The van der Waals surface area contributed by atoms with Crippen LogP contribution in [0.5, 0.6) is 5.75 Å². The number of aromatic nitrogens is 1. The summed E-state index contributed by atoms with van der Waals surface area (Å²) in [4.78, 5) is 4.17. The average Bonchev–Trinajstić information content (AvgIpc) is 2.47. The number of methoxy groups -OCH3 is 1. The second kappa shape index (κ2) is 7.01. The van der Waals surface area contributed by atoms with Crippen molar-refractivity contribution in [1.29, 1.82) is 0 Å². The largest absolute Gasteiger partial charge is 0.497 e. The highest BCUT2D eigenvalue weighted by atomic mass is 19.1. The van der Waals surface area contributed by atoms with Crippen LogP contribution in [0, 0.1) is 5.82 Å². The third-order valence-electron chi connectivity index (χ3n) is 3.14. The fourth-order valence-electron chi connectivity index (χ4n) is 2.20. The minimum absolute atomic E-state index is 0.145. The van der Waals surface area contributed by atoms with Gasteiger partial charge in [0.05, 0.1) is 18.8 Å². The maximum atomic E-state index is 13.9. The molecule has 1 N–H and O–H groups in total. The van der Waals surface area contributed by atoms with Gasteiger partial charge in [0.15, 0.2) is 0 Å². The van der Waals surface area contributed by atoms with E-state index in [1.807, 2.05) is 31.2 Å². The van der Waals surface area contributed by atoms with Crippen molar-refractivity contribution in [3.05, 3.63) is 59.7 Å². The SMILES string of the molecule is CCNC(Cc1cccc(OC)c1)c1ncccc1F. The zero-order chi connectivity index (χ0) is 14.4. The summed E-state index contributed by atoms with van der Waals surface area (Å²) in [6, 6.07) is 10.7. The second-order valence-corrected chi connectivity index (χ2v) is 4.54. The minimum atomic E-state index is -0.277. The molecular weight excluding hydrogens is 255 g/mol. The van der Waals surface area contributed by atoms with Gasteiger partial charge >= 0.3 is 0 Å². The van der Waals surface area contributed by atoms with E-state index in [0.717, 1.165) is 17.9 Å². The van der Waals surface area contributed by atoms with Crippen molar-refractivity contribution >= 4 is 0 Å². The van der Waals surface area contributed by atoms with Gasteiger partial charge in [-0.15, -0.1) is 0 Å². The van der Waals surface area contributed by atoms with Gasteiger partial charge in [-0.2, -0.15) is 0 Å². The highest BCUT2D eigenvalue weighted by Crippen LogP contribution is 2.21. The molecule has 2 aromatic rings. The standard InChI is InChI=1S/C16H19FN2O/c1-3-18-15(16-14(17)8-5-9-19-16)11-12-6-4-7-13(10-12)20-2/h4-10,15,18H,3,11H2,1-2H3. The molecule has 4 heteroatoms. The summed E-state index contributed by atoms with van der Waals surface area (Å²) in [5.74, 6) is 0.528. The van der Waals surface area contributed by atoms with Crippen molar-refractivity contribution in [2.24, 2.45) is 0 Å². The molecule has 1 aromatic heterocycles. The monoisotopic (exact) mass is 274 g/mol. The van der Waals surface area contributed by atoms with E-state index in [1.54, 1.807) is 19.4 Å². The lowest BCUT2D eigenvalue weighted by atomic mass is 10.0. The van der Waals surface area contributed by atoms with E-state index < -0.39 is 0 Å². The lowest BCUT2D eigenvalue weighted by Crippen LogP contribution is -2.25. The van der Waals surface area contributed by atoms with Gasteiger partial charge in [-0.25, -0.2) is 4.39 Å². The number of nitrogens with zero attached hydrogens (tertiary/aromatic N) is 1. The summed E-state index contributed by atoms with van der Waals surface area (Å²) < 4.78 is 19.1. The molecule has 0 bridgehead atoms. The molecule has 1 aromatic carbocycles. The average molecular weight is 274 g/mol. The quantitative estimate of drug-likeness (QED) is 0.878. The first-order valence-electron chi connectivity index (χ1n) is 6.71. The predicted octanol–water partition coefficient (Wildman–Crippen LogP) is 3.12. The molecule has 0 aliphatic carbocycles. The summed E-state index contributed by atoms with van der Waals surface area (Å²) in [5.41, 5.74) is 1.54. The van der Waals surface area contributed by atoms with Crippen LogP contribution in [0.4, 0.5) is 4.39 Å². The van der Waals surface area contributed by atoms with Crippen LogP contribution in [0.15, 0.2) is 42.6 Å². The Balaban J connectivity index is 2.23. The normalized spacial score (nSPS) is 12.2. The van der Waals surface area contributed by atoms with E-state index >= 15 is 0 Å². The van der Waals surface area contributed by atoms with Gasteiger partial charge in [-0.05, 0) is 42.8 Å². The van der Waals surface area contributed by atoms with Crippen LogP contribution in [-0.2, 0) is 6.42 Å². The topological polar surface area (TPSA) is 34.1 Å². The van der Waals surface area contributed by atoms with E-state index in [0.29, 0.717) is 12.1 Å². The van der Waals surface area contributed by atoms with Crippen molar-refractivity contribution in [1.82, 2.24) is 10.3 Å². The fourth-order valence-corrected chi connectivity index (χ4v) is 2.20. The first-order chi connectivity index (χ1) is 9.74. The molecule has 1 atom stereocenters. The number of rotatable bonds is 6. The van der Waals surface area contributed by atoms with E-state index in [9.17, 15) is 4.39 Å². The zero-order valence-corrected chi connectivity index (χ0v) is 11.8. The summed E-state index contributed by atoms with van der Waals surface area (Å²) in [6.45, 7) is 2.75. The molecule has 2 rings (SSSR count). The first kappa shape index (κ1) is 14.5. The van der Waals surface area contributed by atoms with Gasteiger partial charge in [-0.1, -0.05) is 19.1 Å². The maximum absolute atomic E-state index is 13.9. The van der Waals surface area contributed by atoms with Crippen molar-refractivity contribution in [2.45, 2.75) is 19.4 Å². The van der Waals surface area contributed by atoms with Crippen LogP contribution in [0.2, 0.25) is 0 Å². The maximum Gasteiger partial charge on any atom is 0.146 e. The molecule has 0 aliphatic heterocycles. The highest BCUT2D eigenvalue weighted by Gasteiger charge is 2.16. The zero-order valence-electron chi connectivity index (χ0n) is 11.8. The van der Waals surface area contributed by atoms with E-state index in [2.05, 4.69) is 10.3 Å². The predicted molar refractivity (Wildman–Crippen MR) is 77.3 cm³/mol. The number of likely N-dealkylation sites (N-methyl/N-ethyl adjacent to an activating group) is 1. The molecule has 0 saturated heterocycles. The van der Waals surface area contributed by atoms with Gasteiger partial charge in [0.1, 0.15) is 11.6 Å². The molecule has 0 spiro atoms. The second-order valence-electron chi connectivity index (χ2n) is 4.54. The van der Waals surface area contributed by atoms with Crippen LogP contribution >= 0.6 is 0 Å². The molecule has 20 heavy (non-hydrogen) atoms. The smallest absolute Gasteiger partial charge is 0.146 e. The van der Waals surface area contributed by atoms with Gasteiger partial charge < -0.3 is 10.1 Å². The Morgan fingerprint density at radius 2 is 2.15 bits per heavy atom. The third-order valence-corrected chi connectivity index (χ3v) is 3.14. The van der Waals surface area contributed by atoms with Crippen LogP contribution in [0.25, 0.3) is 0 Å². The Morgan fingerprint density at radius 1 is 1.30 bits per heavy atom. The van der Waals surface area contributed by atoms with Crippen LogP contribution in [-0.4, -0.2) is 18.6 Å². The lowest BCUT2D eigenvalue weighted by molar-refractivity contribution is 0.413. The molecule has 0 fully saturated rings. The molecule has 1 heterocycles. The summed E-state index contributed by atoms with van der Waals surface area (Å²) >= 11 is 0. The molecular formula is C16H19FN2O. The molecule has 106 valence electrons. The van der Waals surface area contributed by atoms with E-state index in [-0.39, 0.29) is 11.9 Å². The van der Waals surface area contributed by atoms with Crippen LogP contribution < -0.4 is 10.1 Å². The Kier molecular flexibility index (Phi) is 5.07. The van der Waals surface area contributed by atoms with E-state index in [1.165, 1.54) is 6.07 Å². The van der Waals surface area contributed by atoms with Crippen molar-refractivity contribution in [2.75, 3.05) is 13.7 Å². The first-order valence-corrected chi connectivity index (χ1v) is 6.71. The third kappa shape index (κ3) is 3.54. The number of halogens is 1. The Morgan fingerprint density at radius 3 is 2.85 bits per heavy atom. The number of hydrogen-bond donors (Lipinski definition) is 1. The number of benzene rings is 1.